The SMILES string of the molecule is CC(N)CCC(=O)NC(C)c1cccc(Cl)c1Cl. The van der Waals surface area contributed by atoms with Gasteiger partial charge in [0.05, 0.1) is 16.1 Å². The summed E-state index contributed by atoms with van der Waals surface area (Å²) < 4.78 is 0. The highest BCUT2D eigenvalue weighted by Crippen LogP contribution is 2.29. The van der Waals surface area contributed by atoms with Crippen LogP contribution in [0.5, 0.6) is 0 Å². The van der Waals surface area contributed by atoms with Crippen molar-refractivity contribution in [1.29, 1.82) is 0 Å². The Balaban J connectivity index is 2.62. The zero-order valence-electron chi connectivity index (χ0n) is 10.5. The van der Waals surface area contributed by atoms with E-state index < -0.39 is 0 Å². The van der Waals surface area contributed by atoms with Crippen LogP contribution in [0.15, 0.2) is 18.2 Å². The lowest BCUT2D eigenvalue weighted by atomic mass is 10.1. The molecule has 100 valence electrons. The minimum atomic E-state index is -0.170. The van der Waals surface area contributed by atoms with E-state index in [0.29, 0.717) is 22.9 Å². The molecule has 18 heavy (non-hydrogen) atoms. The average molecular weight is 289 g/mol. The number of nitrogens with one attached hydrogen (secondary N) is 1. The van der Waals surface area contributed by atoms with Crippen molar-refractivity contribution in [3.8, 4) is 0 Å². The Labute approximate surface area is 118 Å². The number of benzene rings is 1. The lowest BCUT2D eigenvalue weighted by Crippen LogP contribution is -2.28. The van der Waals surface area contributed by atoms with E-state index in [1.807, 2.05) is 26.0 Å². The second-order valence-electron chi connectivity index (χ2n) is 4.45. The van der Waals surface area contributed by atoms with Crippen LogP contribution in [0.2, 0.25) is 10.0 Å². The number of nitrogens with two attached hydrogens (primary N) is 1. The lowest BCUT2D eigenvalue weighted by molar-refractivity contribution is -0.121. The van der Waals surface area contributed by atoms with Gasteiger partial charge in [0, 0.05) is 12.5 Å². The first-order chi connectivity index (χ1) is 8.41. The van der Waals surface area contributed by atoms with E-state index in [0.717, 1.165) is 5.56 Å². The van der Waals surface area contributed by atoms with E-state index in [4.69, 9.17) is 28.9 Å². The third kappa shape index (κ3) is 4.48. The number of hydrogen-bond acceptors (Lipinski definition) is 2. The van der Waals surface area contributed by atoms with E-state index >= 15 is 0 Å². The highest BCUT2D eigenvalue weighted by molar-refractivity contribution is 6.42. The Kier molecular flexibility index (Phi) is 5.93. The van der Waals surface area contributed by atoms with Crippen molar-refractivity contribution in [3.63, 3.8) is 0 Å². The number of hydrogen-bond donors (Lipinski definition) is 2. The molecule has 0 radical (unpaired) electrons. The quantitative estimate of drug-likeness (QED) is 0.873. The molecule has 0 saturated heterocycles. The molecule has 3 nitrogen and oxygen atoms in total. The molecule has 1 aromatic rings. The van der Waals surface area contributed by atoms with Crippen molar-refractivity contribution in [2.75, 3.05) is 0 Å². The minimum Gasteiger partial charge on any atom is -0.350 e. The van der Waals surface area contributed by atoms with E-state index in [-0.39, 0.29) is 18.0 Å². The van der Waals surface area contributed by atoms with Gasteiger partial charge in [-0.15, -0.1) is 0 Å². The van der Waals surface area contributed by atoms with Crippen LogP contribution in [0.25, 0.3) is 0 Å². The molecular weight excluding hydrogens is 271 g/mol. The Morgan fingerprint density at radius 2 is 2.06 bits per heavy atom. The minimum absolute atomic E-state index is 0.0285. The second kappa shape index (κ2) is 6.98. The molecule has 2 atom stereocenters. The molecule has 3 N–H and O–H groups in total. The maximum absolute atomic E-state index is 11.7. The zero-order valence-corrected chi connectivity index (χ0v) is 12.1. The van der Waals surface area contributed by atoms with Crippen LogP contribution < -0.4 is 11.1 Å². The van der Waals surface area contributed by atoms with Gasteiger partial charge in [-0.2, -0.15) is 0 Å². The van der Waals surface area contributed by atoms with Gasteiger partial charge in [0.15, 0.2) is 0 Å². The molecule has 0 saturated carbocycles. The summed E-state index contributed by atoms with van der Waals surface area (Å²) >= 11 is 12.0. The molecule has 0 aromatic heterocycles. The monoisotopic (exact) mass is 288 g/mol. The molecule has 5 heteroatoms. The fraction of sp³-hybridized carbons (Fsp3) is 0.462. The highest BCUT2D eigenvalue weighted by atomic mass is 35.5. The smallest absolute Gasteiger partial charge is 0.220 e. The predicted octanol–water partition coefficient (Wildman–Crippen LogP) is 3.30. The molecule has 1 rings (SSSR count). The topological polar surface area (TPSA) is 55.1 Å². The van der Waals surface area contributed by atoms with E-state index in [9.17, 15) is 4.79 Å². The maximum Gasteiger partial charge on any atom is 0.220 e. The summed E-state index contributed by atoms with van der Waals surface area (Å²) in [5.74, 6) is -0.0316. The first-order valence-electron chi connectivity index (χ1n) is 5.90. The Morgan fingerprint density at radius 1 is 1.39 bits per heavy atom. The van der Waals surface area contributed by atoms with Crippen LogP contribution >= 0.6 is 23.2 Å². The van der Waals surface area contributed by atoms with Gasteiger partial charge < -0.3 is 11.1 Å². The second-order valence-corrected chi connectivity index (χ2v) is 5.23. The Hall–Kier alpha value is -0.770. The van der Waals surface area contributed by atoms with Gasteiger partial charge in [-0.1, -0.05) is 35.3 Å². The molecule has 0 bridgehead atoms. The van der Waals surface area contributed by atoms with E-state index in [2.05, 4.69) is 5.32 Å². The lowest BCUT2D eigenvalue weighted by Gasteiger charge is -2.16. The maximum atomic E-state index is 11.7. The van der Waals surface area contributed by atoms with Crippen LogP contribution in [0.4, 0.5) is 0 Å². The molecule has 1 amide bonds. The number of carbonyl (C=O) groups excluding carboxylic acids is 1. The van der Waals surface area contributed by atoms with Gasteiger partial charge in [-0.3, -0.25) is 4.79 Å². The van der Waals surface area contributed by atoms with Crippen LogP contribution in [0.3, 0.4) is 0 Å². The summed E-state index contributed by atoms with van der Waals surface area (Å²) in [6, 6.07) is 5.24. The summed E-state index contributed by atoms with van der Waals surface area (Å²) in [7, 11) is 0. The Bertz CT molecular complexity index is 421. The number of rotatable bonds is 5. The van der Waals surface area contributed by atoms with Crippen LogP contribution in [-0.4, -0.2) is 11.9 Å². The average Bonchev–Trinajstić information content (AvgIpc) is 2.30. The predicted molar refractivity (Wildman–Crippen MR) is 75.9 cm³/mol. The fourth-order valence-corrected chi connectivity index (χ4v) is 2.08. The van der Waals surface area contributed by atoms with Crippen molar-refractivity contribution >= 4 is 29.1 Å². The van der Waals surface area contributed by atoms with Crippen molar-refractivity contribution in [3.05, 3.63) is 33.8 Å². The molecule has 0 spiro atoms. The molecule has 0 fully saturated rings. The standard InChI is InChI=1S/C13H18Cl2N2O/c1-8(16)6-7-12(18)17-9(2)10-4-3-5-11(14)13(10)15/h3-5,8-9H,6-7,16H2,1-2H3,(H,17,18). The molecule has 0 aliphatic heterocycles. The van der Waals surface area contributed by atoms with Crippen molar-refractivity contribution < 1.29 is 4.79 Å². The van der Waals surface area contributed by atoms with Crippen molar-refractivity contribution in [2.24, 2.45) is 5.73 Å². The van der Waals surface area contributed by atoms with Gasteiger partial charge in [0.2, 0.25) is 5.91 Å². The number of amides is 1. The third-order valence-corrected chi connectivity index (χ3v) is 3.49. The fourth-order valence-electron chi connectivity index (χ4n) is 1.61. The van der Waals surface area contributed by atoms with Gasteiger partial charge >= 0.3 is 0 Å². The molecule has 0 heterocycles. The molecular formula is C13H18Cl2N2O. The van der Waals surface area contributed by atoms with Crippen LogP contribution in [0.1, 0.15) is 38.3 Å². The van der Waals surface area contributed by atoms with E-state index in [1.165, 1.54) is 0 Å². The summed E-state index contributed by atoms with van der Waals surface area (Å²) in [6.07, 6.45) is 1.09. The van der Waals surface area contributed by atoms with Crippen LogP contribution in [-0.2, 0) is 4.79 Å². The first kappa shape index (κ1) is 15.3. The Morgan fingerprint density at radius 3 is 2.67 bits per heavy atom. The summed E-state index contributed by atoms with van der Waals surface area (Å²) in [4.78, 5) is 11.7. The number of carbonyl (C=O) groups is 1. The van der Waals surface area contributed by atoms with Crippen LogP contribution in [0, 0.1) is 0 Å². The molecule has 2 unspecified atom stereocenters. The summed E-state index contributed by atoms with van der Waals surface area (Å²) in [6.45, 7) is 3.76. The van der Waals surface area contributed by atoms with Crippen molar-refractivity contribution in [1.82, 2.24) is 5.32 Å². The summed E-state index contributed by atoms with van der Waals surface area (Å²) in [5.41, 5.74) is 6.43. The largest absolute Gasteiger partial charge is 0.350 e. The normalized spacial score (nSPS) is 14.1. The molecule has 0 aliphatic carbocycles. The summed E-state index contributed by atoms with van der Waals surface area (Å²) in [5, 5.41) is 3.86. The molecule has 0 aliphatic rings. The van der Waals surface area contributed by atoms with Gasteiger partial charge in [-0.25, -0.2) is 0 Å². The van der Waals surface area contributed by atoms with E-state index in [1.54, 1.807) is 6.07 Å². The van der Waals surface area contributed by atoms with Gasteiger partial charge in [0.1, 0.15) is 0 Å². The zero-order chi connectivity index (χ0) is 13.7. The molecule has 1 aromatic carbocycles. The highest BCUT2D eigenvalue weighted by Gasteiger charge is 2.14. The van der Waals surface area contributed by atoms with Crippen molar-refractivity contribution in [2.45, 2.75) is 38.8 Å². The number of halogens is 2. The third-order valence-electron chi connectivity index (χ3n) is 2.65. The van der Waals surface area contributed by atoms with Gasteiger partial charge in [0.25, 0.3) is 0 Å². The van der Waals surface area contributed by atoms with Gasteiger partial charge in [-0.05, 0) is 31.9 Å². The first-order valence-corrected chi connectivity index (χ1v) is 6.66.